The van der Waals surface area contributed by atoms with Gasteiger partial charge in [-0.05, 0) is 19.1 Å². The van der Waals surface area contributed by atoms with Gasteiger partial charge in [-0.25, -0.2) is 4.98 Å². The van der Waals surface area contributed by atoms with Gasteiger partial charge in [0.1, 0.15) is 18.1 Å². The van der Waals surface area contributed by atoms with E-state index in [2.05, 4.69) is 10.3 Å². The minimum atomic E-state index is 0.655. The number of hydrogen-bond donors (Lipinski definition) is 1. The Balaban J connectivity index is 1.82. The summed E-state index contributed by atoms with van der Waals surface area (Å²) in [6, 6.07) is 9.76. The molecule has 1 N–H and O–H groups in total. The van der Waals surface area contributed by atoms with Gasteiger partial charge in [0, 0.05) is 6.07 Å². The van der Waals surface area contributed by atoms with Crippen LogP contribution in [0.4, 0.5) is 5.82 Å². The van der Waals surface area contributed by atoms with E-state index >= 15 is 0 Å². The van der Waals surface area contributed by atoms with Crippen molar-refractivity contribution in [1.29, 1.82) is 0 Å². The summed E-state index contributed by atoms with van der Waals surface area (Å²) in [5, 5.41) is 3.17. The molecule has 0 fully saturated rings. The Morgan fingerprint density at radius 2 is 2.06 bits per heavy atom. The van der Waals surface area contributed by atoms with Crippen molar-refractivity contribution < 1.29 is 9.47 Å². The van der Waals surface area contributed by atoms with Gasteiger partial charge >= 0.3 is 0 Å². The van der Waals surface area contributed by atoms with E-state index in [0.717, 1.165) is 23.9 Å². The van der Waals surface area contributed by atoms with Gasteiger partial charge in [0.15, 0.2) is 11.6 Å². The van der Waals surface area contributed by atoms with Gasteiger partial charge in [-0.2, -0.15) is 0 Å². The Kier molecular flexibility index (Phi) is 2.76. The molecule has 0 atom stereocenters. The molecule has 1 aliphatic heterocycles. The highest BCUT2D eigenvalue weighted by Gasteiger charge is 2.12. The zero-order valence-electron chi connectivity index (χ0n) is 10.1. The van der Waals surface area contributed by atoms with Crippen LogP contribution in [0.5, 0.6) is 17.2 Å². The monoisotopic (exact) mass is 242 g/mol. The first-order valence-electron chi connectivity index (χ1n) is 5.92. The van der Waals surface area contributed by atoms with Crippen LogP contribution in [-0.2, 0) is 0 Å². The van der Waals surface area contributed by atoms with Gasteiger partial charge in [-0.15, -0.1) is 0 Å². The molecule has 0 aliphatic carbocycles. The van der Waals surface area contributed by atoms with Crippen LogP contribution in [0.2, 0.25) is 0 Å². The summed E-state index contributed by atoms with van der Waals surface area (Å²) < 4.78 is 11.2. The van der Waals surface area contributed by atoms with Crippen LogP contribution in [0, 0.1) is 6.92 Å². The topological polar surface area (TPSA) is 43.4 Å². The lowest BCUT2D eigenvalue weighted by molar-refractivity contribution is 0.319. The average molecular weight is 242 g/mol. The minimum absolute atomic E-state index is 0.655. The maximum absolute atomic E-state index is 5.73. The van der Waals surface area contributed by atoms with E-state index in [0.29, 0.717) is 12.4 Å². The van der Waals surface area contributed by atoms with Crippen LogP contribution in [0.25, 0.3) is 0 Å². The summed E-state index contributed by atoms with van der Waals surface area (Å²) in [6.07, 6.45) is 1.69. The fourth-order valence-electron chi connectivity index (χ4n) is 1.80. The van der Waals surface area contributed by atoms with E-state index in [-0.39, 0.29) is 0 Å². The van der Waals surface area contributed by atoms with Gasteiger partial charge in [-0.3, -0.25) is 0 Å². The number of nitrogens with zero attached hydrogens (tertiary/aromatic N) is 1. The Morgan fingerprint density at radius 3 is 2.89 bits per heavy atom. The highest BCUT2D eigenvalue weighted by Crippen LogP contribution is 2.31. The van der Waals surface area contributed by atoms with Crippen LogP contribution in [0.3, 0.4) is 0 Å². The van der Waals surface area contributed by atoms with Crippen LogP contribution in [0.1, 0.15) is 5.56 Å². The quantitative estimate of drug-likeness (QED) is 0.879. The molecule has 0 saturated carbocycles. The number of anilines is 1. The minimum Gasteiger partial charge on any atom is -0.488 e. The summed E-state index contributed by atoms with van der Waals surface area (Å²) >= 11 is 0. The van der Waals surface area contributed by atoms with E-state index < -0.39 is 0 Å². The van der Waals surface area contributed by atoms with Gasteiger partial charge in [-0.1, -0.05) is 17.7 Å². The summed E-state index contributed by atoms with van der Waals surface area (Å²) in [4.78, 5) is 4.27. The van der Waals surface area contributed by atoms with Crippen molar-refractivity contribution in [2.45, 2.75) is 6.92 Å². The second-order valence-corrected chi connectivity index (χ2v) is 4.21. The number of aryl methyl sites for hydroxylation is 1. The zero-order chi connectivity index (χ0) is 12.4. The number of pyridine rings is 1. The summed E-state index contributed by atoms with van der Waals surface area (Å²) in [5.41, 5.74) is 1.21. The third-order valence-corrected chi connectivity index (χ3v) is 2.74. The molecule has 2 heterocycles. The van der Waals surface area contributed by atoms with E-state index in [1.807, 2.05) is 37.3 Å². The number of benzene rings is 1. The van der Waals surface area contributed by atoms with Gasteiger partial charge in [0.05, 0.1) is 12.7 Å². The normalized spacial score (nSPS) is 13.2. The van der Waals surface area contributed by atoms with Gasteiger partial charge in [0.25, 0.3) is 0 Å². The number of hydrogen-bond acceptors (Lipinski definition) is 4. The fraction of sp³-hybridized carbons (Fsp3) is 0.214. The second kappa shape index (κ2) is 4.56. The predicted octanol–water partition coefficient (Wildman–Crippen LogP) is 2.99. The molecule has 0 amide bonds. The van der Waals surface area contributed by atoms with E-state index in [1.165, 1.54) is 5.56 Å². The van der Waals surface area contributed by atoms with Crippen molar-refractivity contribution in [3.63, 3.8) is 0 Å². The molecule has 1 aromatic carbocycles. The third kappa shape index (κ3) is 2.22. The highest BCUT2D eigenvalue weighted by molar-refractivity contribution is 5.54. The third-order valence-electron chi connectivity index (χ3n) is 2.74. The van der Waals surface area contributed by atoms with Crippen LogP contribution < -0.4 is 14.8 Å². The predicted molar refractivity (Wildman–Crippen MR) is 69.5 cm³/mol. The second-order valence-electron chi connectivity index (χ2n) is 4.21. The summed E-state index contributed by atoms with van der Waals surface area (Å²) in [7, 11) is 0. The lowest BCUT2D eigenvalue weighted by Gasteiger charge is -2.18. The molecule has 0 bridgehead atoms. The fourth-order valence-corrected chi connectivity index (χ4v) is 1.80. The molecule has 0 spiro atoms. The molecular weight excluding hydrogens is 228 g/mol. The molecular formula is C14H14N2O2. The smallest absolute Gasteiger partial charge is 0.169 e. The average Bonchev–Trinajstić information content (AvgIpc) is 2.41. The molecule has 0 radical (unpaired) electrons. The van der Waals surface area contributed by atoms with E-state index in [1.54, 1.807) is 6.20 Å². The lowest BCUT2D eigenvalue weighted by atomic mass is 10.2. The Bertz CT molecular complexity index is 552. The van der Waals surface area contributed by atoms with Crippen molar-refractivity contribution in [3.8, 4) is 17.2 Å². The largest absolute Gasteiger partial charge is 0.488 e. The Hall–Kier alpha value is -2.23. The number of aromatic nitrogens is 1. The molecule has 3 rings (SSSR count). The molecule has 4 nitrogen and oxygen atoms in total. The molecule has 1 aliphatic rings. The first-order chi connectivity index (χ1) is 8.81. The Labute approximate surface area is 106 Å². The lowest BCUT2D eigenvalue weighted by Crippen LogP contribution is -2.18. The maximum atomic E-state index is 5.73. The number of nitrogens with one attached hydrogen (secondary N) is 1. The van der Waals surface area contributed by atoms with Gasteiger partial charge < -0.3 is 14.8 Å². The zero-order valence-corrected chi connectivity index (χ0v) is 10.1. The van der Waals surface area contributed by atoms with Crippen molar-refractivity contribution in [2.24, 2.45) is 0 Å². The first kappa shape index (κ1) is 10.9. The van der Waals surface area contributed by atoms with Crippen LogP contribution in [-0.4, -0.2) is 18.1 Å². The number of fused-ring (bicyclic) bond motifs is 1. The summed E-state index contributed by atoms with van der Waals surface area (Å²) in [6.45, 7) is 3.49. The van der Waals surface area contributed by atoms with Gasteiger partial charge in [0.2, 0.25) is 0 Å². The molecule has 1 aromatic heterocycles. The molecule has 0 unspecified atom stereocenters. The number of ether oxygens (including phenoxy) is 2. The maximum Gasteiger partial charge on any atom is 0.169 e. The SMILES string of the molecule is Cc1ccc(Oc2cnc3c(c2)OCCN3)cc1. The van der Waals surface area contributed by atoms with E-state index in [9.17, 15) is 0 Å². The summed E-state index contributed by atoms with van der Waals surface area (Å²) in [5.74, 6) is 3.00. The molecule has 18 heavy (non-hydrogen) atoms. The van der Waals surface area contributed by atoms with Crippen molar-refractivity contribution >= 4 is 5.82 Å². The Morgan fingerprint density at radius 1 is 1.22 bits per heavy atom. The molecule has 2 aromatic rings. The van der Waals surface area contributed by atoms with Crippen molar-refractivity contribution in [2.75, 3.05) is 18.5 Å². The molecule has 92 valence electrons. The molecule has 4 heteroatoms. The molecule has 0 saturated heterocycles. The van der Waals surface area contributed by atoms with Crippen LogP contribution in [0.15, 0.2) is 36.5 Å². The number of rotatable bonds is 2. The standard InChI is InChI=1S/C14H14N2O2/c1-10-2-4-11(5-3-10)18-12-8-13-14(16-9-12)15-6-7-17-13/h2-5,8-9H,6-7H2,1H3,(H,15,16). The van der Waals surface area contributed by atoms with E-state index in [4.69, 9.17) is 9.47 Å². The van der Waals surface area contributed by atoms with Crippen molar-refractivity contribution in [3.05, 3.63) is 42.1 Å². The van der Waals surface area contributed by atoms with Crippen LogP contribution >= 0.6 is 0 Å². The van der Waals surface area contributed by atoms with Crippen molar-refractivity contribution in [1.82, 2.24) is 4.98 Å². The highest BCUT2D eigenvalue weighted by atomic mass is 16.5. The first-order valence-corrected chi connectivity index (χ1v) is 5.92.